The second kappa shape index (κ2) is 8.35. The molecule has 1 N–H and O–H groups in total. The van der Waals surface area contributed by atoms with E-state index in [1.807, 2.05) is 24.3 Å². The molecule has 2 aliphatic rings. The van der Waals surface area contributed by atoms with E-state index in [9.17, 15) is 17.6 Å². The van der Waals surface area contributed by atoms with Crippen molar-refractivity contribution in [1.29, 1.82) is 0 Å². The summed E-state index contributed by atoms with van der Waals surface area (Å²) in [6.45, 7) is 2.21. The van der Waals surface area contributed by atoms with Crippen molar-refractivity contribution in [2.45, 2.75) is 31.1 Å². The van der Waals surface area contributed by atoms with E-state index < -0.39 is 20.7 Å². The molecule has 6 nitrogen and oxygen atoms in total. The quantitative estimate of drug-likeness (QED) is 0.626. The average Bonchev–Trinajstić information content (AvgIpc) is 3.42. The number of sulfonamides is 1. The van der Waals surface area contributed by atoms with Crippen LogP contribution in [-0.4, -0.2) is 32.4 Å². The van der Waals surface area contributed by atoms with Crippen molar-refractivity contribution >= 4 is 21.6 Å². The van der Waals surface area contributed by atoms with Gasteiger partial charge in [-0.25, -0.2) is 17.5 Å². The summed E-state index contributed by atoms with van der Waals surface area (Å²) in [6.07, 6.45) is 3.51. The molecule has 170 valence electrons. The van der Waals surface area contributed by atoms with Gasteiger partial charge in [0.2, 0.25) is 15.9 Å². The van der Waals surface area contributed by atoms with Crippen LogP contribution in [0, 0.1) is 11.7 Å². The number of halogens is 1. The molecule has 1 amide bonds. The number of benzene rings is 2. The van der Waals surface area contributed by atoms with Crippen LogP contribution in [0.3, 0.4) is 0 Å². The van der Waals surface area contributed by atoms with Crippen molar-refractivity contribution in [3.63, 3.8) is 0 Å². The van der Waals surface area contributed by atoms with Gasteiger partial charge in [0.15, 0.2) is 0 Å². The summed E-state index contributed by atoms with van der Waals surface area (Å²) < 4.78 is 41.7. The Bertz CT molecular complexity index is 1340. The zero-order chi connectivity index (χ0) is 23.2. The molecule has 0 saturated carbocycles. The highest BCUT2D eigenvalue weighted by Gasteiger charge is 2.35. The number of amides is 1. The minimum Gasteiger partial charge on any atom is -0.312 e. The minimum atomic E-state index is -3.97. The fourth-order valence-electron chi connectivity index (χ4n) is 4.80. The highest BCUT2D eigenvalue weighted by molar-refractivity contribution is 7.89. The third-order valence-electron chi connectivity index (χ3n) is 6.37. The summed E-state index contributed by atoms with van der Waals surface area (Å²) in [6, 6.07) is 14.5. The third-order valence-corrected chi connectivity index (χ3v) is 7.93. The molecule has 0 saturated heterocycles. The maximum atomic E-state index is 14.5. The van der Waals surface area contributed by atoms with E-state index in [1.165, 1.54) is 12.1 Å². The number of pyridine rings is 1. The van der Waals surface area contributed by atoms with Crippen LogP contribution in [-0.2, 0) is 34.1 Å². The Morgan fingerprint density at radius 1 is 1.12 bits per heavy atom. The Morgan fingerprint density at radius 2 is 1.94 bits per heavy atom. The maximum absolute atomic E-state index is 14.5. The molecule has 3 aromatic rings. The Morgan fingerprint density at radius 3 is 2.70 bits per heavy atom. The number of carbonyl (C=O) groups excluding carboxylic acids is 1. The molecule has 2 heterocycles. The molecule has 8 heteroatoms. The number of rotatable bonds is 5. The molecule has 1 aliphatic carbocycles. The smallest absolute Gasteiger partial charge is 0.243 e. The number of nitrogens with zero attached hydrogens (tertiary/aromatic N) is 2. The first-order chi connectivity index (χ1) is 15.9. The molecular formula is C25H24FN3O3S. The van der Waals surface area contributed by atoms with Gasteiger partial charge in [0.1, 0.15) is 10.7 Å². The lowest BCUT2D eigenvalue weighted by Crippen LogP contribution is -2.35. The zero-order valence-electron chi connectivity index (χ0n) is 18.2. The molecule has 33 heavy (non-hydrogen) atoms. The maximum Gasteiger partial charge on any atom is 0.243 e. The summed E-state index contributed by atoms with van der Waals surface area (Å²) in [5.41, 5.74) is 5.32. The Labute approximate surface area is 192 Å². The van der Waals surface area contributed by atoms with E-state index in [-0.39, 0.29) is 18.4 Å². The monoisotopic (exact) mass is 465 g/mol. The van der Waals surface area contributed by atoms with Gasteiger partial charge in [-0.1, -0.05) is 25.1 Å². The van der Waals surface area contributed by atoms with Gasteiger partial charge in [0, 0.05) is 36.5 Å². The fraction of sp³-hybridized carbons (Fsp3) is 0.280. The lowest BCUT2D eigenvalue weighted by Gasteiger charge is -2.22. The molecule has 1 aliphatic heterocycles. The number of anilines is 1. The van der Waals surface area contributed by atoms with Crippen molar-refractivity contribution in [2.75, 3.05) is 18.0 Å². The van der Waals surface area contributed by atoms with E-state index >= 15 is 0 Å². The Hall–Kier alpha value is -3.10. The van der Waals surface area contributed by atoms with Crippen LogP contribution < -0.4 is 9.62 Å². The fourth-order valence-corrected chi connectivity index (χ4v) is 5.91. The summed E-state index contributed by atoms with van der Waals surface area (Å²) in [5, 5.41) is 0. The van der Waals surface area contributed by atoms with E-state index in [0.29, 0.717) is 37.1 Å². The number of fused-ring (bicyclic) bond motifs is 2. The van der Waals surface area contributed by atoms with Crippen LogP contribution in [0.1, 0.15) is 23.6 Å². The molecule has 0 fully saturated rings. The molecular weight excluding hydrogens is 441 g/mol. The number of nitrogens with one attached hydrogen (secondary N) is 1. The average molecular weight is 466 g/mol. The van der Waals surface area contributed by atoms with Crippen molar-refractivity contribution in [2.24, 2.45) is 5.92 Å². The third kappa shape index (κ3) is 3.94. The van der Waals surface area contributed by atoms with Crippen LogP contribution in [0.5, 0.6) is 0 Å². The lowest BCUT2D eigenvalue weighted by molar-refractivity contribution is -0.122. The molecule has 0 unspecified atom stereocenters. The first kappa shape index (κ1) is 21.7. The number of aromatic nitrogens is 1. The van der Waals surface area contributed by atoms with E-state index in [0.717, 1.165) is 22.4 Å². The summed E-state index contributed by atoms with van der Waals surface area (Å²) in [4.78, 5) is 19.1. The SMILES string of the molecule is CCNS(=O)(=O)c1cc2c(cc1F)CCN2C(=O)[C@@H]1Cc2ccc(-c3ccccn3)cc2C1. The van der Waals surface area contributed by atoms with Crippen LogP contribution in [0.25, 0.3) is 11.3 Å². The van der Waals surface area contributed by atoms with Gasteiger partial charge in [-0.3, -0.25) is 9.78 Å². The van der Waals surface area contributed by atoms with E-state index in [4.69, 9.17) is 0 Å². The Kier molecular flexibility index (Phi) is 5.50. The second-order valence-electron chi connectivity index (χ2n) is 8.46. The van der Waals surface area contributed by atoms with Crippen molar-refractivity contribution in [3.8, 4) is 11.3 Å². The topological polar surface area (TPSA) is 79.4 Å². The molecule has 5 rings (SSSR count). The van der Waals surface area contributed by atoms with Crippen LogP contribution in [0.4, 0.5) is 10.1 Å². The largest absolute Gasteiger partial charge is 0.312 e. The zero-order valence-corrected chi connectivity index (χ0v) is 19.0. The molecule has 2 aromatic carbocycles. The van der Waals surface area contributed by atoms with E-state index in [1.54, 1.807) is 18.0 Å². The molecule has 1 atom stereocenters. The normalized spacial score (nSPS) is 17.2. The van der Waals surface area contributed by atoms with Crippen LogP contribution in [0.15, 0.2) is 59.6 Å². The van der Waals surface area contributed by atoms with Crippen LogP contribution in [0.2, 0.25) is 0 Å². The van der Waals surface area contributed by atoms with E-state index in [2.05, 4.69) is 21.8 Å². The highest BCUT2D eigenvalue weighted by atomic mass is 32.2. The molecule has 1 aromatic heterocycles. The van der Waals surface area contributed by atoms with Gasteiger partial charge >= 0.3 is 0 Å². The summed E-state index contributed by atoms with van der Waals surface area (Å²) in [5.74, 6) is -1.08. The van der Waals surface area contributed by atoms with Gasteiger partial charge in [-0.05, 0) is 66.3 Å². The first-order valence-corrected chi connectivity index (χ1v) is 12.5. The number of hydrogen-bond acceptors (Lipinski definition) is 4. The lowest BCUT2D eigenvalue weighted by atomic mass is 10.0. The van der Waals surface area contributed by atoms with Gasteiger partial charge in [-0.2, -0.15) is 0 Å². The first-order valence-electron chi connectivity index (χ1n) is 11.0. The number of carbonyl (C=O) groups is 1. The summed E-state index contributed by atoms with van der Waals surface area (Å²) in [7, 11) is -3.97. The Balaban J connectivity index is 1.40. The van der Waals surface area contributed by atoms with Gasteiger partial charge in [0.05, 0.1) is 5.69 Å². The number of hydrogen-bond donors (Lipinski definition) is 1. The minimum absolute atomic E-state index is 0.0530. The highest BCUT2D eigenvalue weighted by Crippen LogP contribution is 2.37. The molecule has 0 radical (unpaired) electrons. The van der Waals surface area contributed by atoms with Gasteiger partial charge < -0.3 is 4.90 Å². The van der Waals surface area contributed by atoms with Gasteiger partial charge in [-0.15, -0.1) is 0 Å². The summed E-state index contributed by atoms with van der Waals surface area (Å²) >= 11 is 0. The van der Waals surface area contributed by atoms with Crippen molar-refractivity contribution in [3.05, 3.63) is 77.2 Å². The predicted molar refractivity (Wildman–Crippen MR) is 124 cm³/mol. The molecule has 0 bridgehead atoms. The van der Waals surface area contributed by atoms with Crippen molar-refractivity contribution in [1.82, 2.24) is 9.71 Å². The van der Waals surface area contributed by atoms with Crippen LogP contribution >= 0.6 is 0 Å². The predicted octanol–water partition coefficient (Wildman–Crippen LogP) is 3.49. The van der Waals surface area contributed by atoms with Gasteiger partial charge in [0.25, 0.3) is 0 Å². The van der Waals surface area contributed by atoms with Crippen molar-refractivity contribution < 1.29 is 17.6 Å². The standard InChI is InChI=1S/C25H24FN3O3S/c1-2-28-33(31,32)24-15-23-18(14-21(24)26)8-10-29(23)25(30)20-11-16-6-7-17(12-19(16)13-20)22-5-3-4-9-27-22/h3-7,9,12,14-15,20,28H,2,8,10-11,13H2,1H3/t20-/m1/s1. The molecule has 0 spiro atoms. The second-order valence-corrected chi connectivity index (χ2v) is 10.2.